The number of nitrogens with zero attached hydrogens (tertiary/aromatic N) is 3. The van der Waals surface area contributed by atoms with Crippen molar-refractivity contribution in [3.63, 3.8) is 0 Å². The van der Waals surface area contributed by atoms with E-state index in [1.165, 1.54) is 0 Å². The Hall–Kier alpha value is -3.15. The lowest BCUT2D eigenvalue weighted by Gasteiger charge is -2.26. The predicted molar refractivity (Wildman–Crippen MR) is 113 cm³/mol. The molecule has 0 N–H and O–H groups in total. The molecule has 2 fully saturated rings. The van der Waals surface area contributed by atoms with Crippen LogP contribution in [0.5, 0.6) is 0 Å². The molecular formula is C24H25N3O3. The Balaban J connectivity index is 1.48. The number of para-hydroxylation sites is 1. The number of likely N-dealkylation sites (tertiary alicyclic amines) is 1. The van der Waals surface area contributed by atoms with Crippen molar-refractivity contribution in [1.29, 1.82) is 0 Å². The van der Waals surface area contributed by atoms with Gasteiger partial charge in [0.05, 0.1) is 17.8 Å². The molecule has 2 aromatic carbocycles. The van der Waals surface area contributed by atoms with Crippen molar-refractivity contribution in [2.24, 2.45) is 0 Å². The zero-order valence-corrected chi connectivity index (χ0v) is 16.9. The fourth-order valence-corrected chi connectivity index (χ4v) is 4.86. The number of benzene rings is 2. The van der Waals surface area contributed by atoms with Crippen LogP contribution in [-0.2, 0) is 11.3 Å². The second-order valence-electron chi connectivity index (χ2n) is 8.30. The number of fused-ring (bicyclic) bond motifs is 2. The van der Waals surface area contributed by atoms with Crippen LogP contribution in [0, 0.1) is 0 Å². The third-order valence-corrected chi connectivity index (χ3v) is 6.40. The summed E-state index contributed by atoms with van der Waals surface area (Å²) in [7, 11) is 0. The number of carbonyl (C=O) groups excluding carboxylic acids is 3. The van der Waals surface area contributed by atoms with E-state index >= 15 is 0 Å². The van der Waals surface area contributed by atoms with Gasteiger partial charge in [-0.1, -0.05) is 24.3 Å². The standard InChI is InChI=1S/C24H25N3O3/c28-22(25-12-3-4-13-25)18-8-5-7-17(15-18)16-27-20-10-2-1-9-19(20)23(29)26-14-6-11-21(26)24(27)30/h1-2,5,7-10,15,21H,3-4,6,11-14,16H2/t21-/m0/s1. The second-order valence-corrected chi connectivity index (χ2v) is 8.30. The van der Waals surface area contributed by atoms with E-state index < -0.39 is 6.04 Å². The molecule has 0 radical (unpaired) electrons. The first-order chi connectivity index (χ1) is 14.6. The monoisotopic (exact) mass is 403 g/mol. The predicted octanol–water partition coefficient (Wildman–Crippen LogP) is 3.07. The van der Waals surface area contributed by atoms with Crippen molar-refractivity contribution in [2.75, 3.05) is 24.5 Å². The highest BCUT2D eigenvalue weighted by Crippen LogP contribution is 2.33. The lowest BCUT2D eigenvalue weighted by atomic mass is 10.1. The number of hydrogen-bond acceptors (Lipinski definition) is 3. The van der Waals surface area contributed by atoms with Gasteiger partial charge in [-0.2, -0.15) is 0 Å². The molecule has 0 saturated carbocycles. The third-order valence-electron chi connectivity index (χ3n) is 6.40. The summed E-state index contributed by atoms with van der Waals surface area (Å²) < 4.78 is 0. The molecule has 3 aliphatic heterocycles. The lowest BCUT2D eigenvalue weighted by molar-refractivity contribution is -0.122. The number of carbonyl (C=O) groups is 3. The molecule has 3 aliphatic rings. The Kier molecular flexibility index (Phi) is 4.77. The summed E-state index contributed by atoms with van der Waals surface area (Å²) in [6, 6.07) is 14.5. The highest BCUT2D eigenvalue weighted by molar-refractivity contribution is 6.11. The van der Waals surface area contributed by atoms with E-state index in [0.717, 1.165) is 37.9 Å². The smallest absolute Gasteiger partial charge is 0.256 e. The third kappa shape index (κ3) is 3.16. The van der Waals surface area contributed by atoms with E-state index in [1.807, 2.05) is 47.4 Å². The van der Waals surface area contributed by atoms with Gasteiger partial charge >= 0.3 is 0 Å². The molecule has 0 bridgehead atoms. The van der Waals surface area contributed by atoms with E-state index in [0.29, 0.717) is 36.3 Å². The first-order valence-electron chi connectivity index (χ1n) is 10.7. The molecule has 154 valence electrons. The second kappa shape index (κ2) is 7.59. The summed E-state index contributed by atoms with van der Waals surface area (Å²) in [5.74, 6) is -0.0573. The van der Waals surface area contributed by atoms with E-state index in [1.54, 1.807) is 15.9 Å². The van der Waals surface area contributed by atoms with Gasteiger partial charge in [-0.15, -0.1) is 0 Å². The van der Waals surface area contributed by atoms with E-state index in [2.05, 4.69) is 0 Å². The van der Waals surface area contributed by atoms with E-state index in [9.17, 15) is 14.4 Å². The molecule has 2 aromatic rings. The first-order valence-corrected chi connectivity index (χ1v) is 10.7. The molecule has 0 aliphatic carbocycles. The van der Waals surface area contributed by atoms with Crippen LogP contribution >= 0.6 is 0 Å². The van der Waals surface area contributed by atoms with Crippen LogP contribution in [0.4, 0.5) is 5.69 Å². The summed E-state index contributed by atoms with van der Waals surface area (Å²) in [5.41, 5.74) is 2.77. The summed E-state index contributed by atoms with van der Waals surface area (Å²) >= 11 is 0. The average molecular weight is 403 g/mol. The molecule has 0 spiro atoms. The molecule has 2 saturated heterocycles. The number of amides is 3. The minimum Gasteiger partial charge on any atom is -0.339 e. The van der Waals surface area contributed by atoms with E-state index in [-0.39, 0.29) is 17.7 Å². The molecule has 30 heavy (non-hydrogen) atoms. The SMILES string of the molecule is O=C(c1cccc(CN2C(=O)[C@@H]3CCCN3C(=O)c3ccccc32)c1)N1CCCC1. The summed E-state index contributed by atoms with van der Waals surface area (Å²) in [6.45, 7) is 2.58. The number of rotatable bonds is 3. The Labute approximate surface area is 176 Å². The van der Waals surface area contributed by atoms with Crippen molar-refractivity contribution >= 4 is 23.4 Å². The van der Waals surface area contributed by atoms with Gasteiger partial charge < -0.3 is 14.7 Å². The quantitative estimate of drug-likeness (QED) is 0.791. The van der Waals surface area contributed by atoms with Crippen molar-refractivity contribution in [3.8, 4) is 0 Å². The Morgan fingerprint density at radius 3 is 2.57 bits per heavy atom. The van der Waals surface area contributed by atoms with Crippen LogP contribution < -0.4 is 4.90 Å². The van der Waals surface area contributed by atoms with E-state index in [4.69, 9.17) is 0 Å². The van der Waals surface area contributed by atoms with Gasteiger partial charge in [0.25, 0.3) is 11.8 Å². The van der Waals surface area contributed by atoms with Gasteiger partial charge in [0.1, 0.15) is 6.04 Å². The minimum absolute atomic E-state index is 0.0397. The minimum atomic E-state index is -0.403. The van der Waals surface area contributed by atoms with Crippen molar-refractivity contribution in [3.05, 3.63) is 65.2 Å². The van der Waals surface area contributed by atoms with Crippen molar-refractivity contribution in [1.82, 2.24) is 9.80 Å². The van der Waals surface area contributed by atoms with Crippen molar-refractivity contribution in [2.45, 2.75) is 38.3 Å². The van der Waals surface area contributed by atoms with Crippen LogP contribution in [0.2, 0.25) is 0 Å². The normalized spacial score (nSPS) is 20.9. The Morgan fingerprint density at radius 2 is 1.73 bits per heavy atom. The number of anilines is 1. The Morgan fingerprint density at radius 1 is 0.933 bits per heavy atom. The zero-order chi connectivity index (χ0) is 20.7. The molecule has 3 heterocycles. The molecule has 6 nitrogen and oxygen atoms in total. The largest absolute Gasteiger partial charge is 0.339 e. The summed E-state index contributed by atoms with van der Waals surface area (Å²) in [4.78, 5) is 44.6. The molecule has 0 aromatic heterocycles. The molecular weight excluding hydrogens is 378 g/mol. The average Bonchev–Trinajstić information content (AvgIpc) is 3.47. The fraction of sp³-hybridized carbons (Fsp3) is 0.375. The van der Waals surface area contributed by atoms with Gasteiger partial charge in [0, 0.05) is 25.2 Å². The molecule has 5 rings (SSSR count). The van der Waals surface area contributed by atoms with Crippen LogP contribution in [0.15, 0.2) is 48.5 Å². The van der Waals surface area contributed by atoms with Crippen LogP contribution in [0.3, 0.4) is 0 Å². The van der Waals surface area contributed by atoms with Gasteiger partial charge in [-0.05, 0) is 55.5 Å². The van der Waals surface area contributed by atoms with Gasteiger partial charge in [-0.25, -0.2) is 0 Å². The van der Waals surface area contributed by atoms with Gasteiger partial charge in [0.2, 0.25) is 5.91 Å². The number of hydrogen-bond donors (Lipinski definition) is 0. The molecule has 6 heteroatoms. The maximum Gasteiger partial charge on any atom is 0.256 e. The Bertz CT molecular complexity index is 1010. The fourth-order valence-electron chi connectivity index (χ4n) is 4.86. The van der Waals surface area contributed by atoms with Crippen LogP contribution in [0.1, 0.15) is 52.0 Å². The first kappa shape index (κ1) is 18.9. The maximum atomic E-state index is 13.4. The van der Waals surface area contributed by atoms with Crippen LogP contribution in [0.25, 0.3) is 0 Å². The van der Waals surface area contributed by atoms with Crippen LogP contribution in [-0.4, -0.2) is 53.2 Å². The highest BCUT2D eigenvalue weighted by atomic mass is 16.2. The molecule has 0 unspecified atom stereocenters. The van der Waals surface area contributed by atoms with Gasteiger partial charge in [-0.3, -0.25) is 14.4 Å². The zero-order valence-electron chi connectivity index (χ0n) is 16.9. The van der Waals surface area contributed by atoms with Crippen molar-refractivity contribution < 1.29 is 14.4 Å². The highest BCUT2D eigenvalue weighted by Gasteiger charge is 2.41. The molecule has 3 amide bonds. The van der Waals surface area contributed by atoms with Gasteiger partial charge in [0.15, 0.2) is 0 Å². The topological polar surface area (TPSA) is 60.9 Å². The molecule has 1 atom stereocenters. The summed E-state index contributed by atoms with van der Waals surface area (Å²) in [5, 5.41) is 0. The maximum absolute atomic E-state index is 13.4. The summed E-state index contributed by atoms with van der Waals surface area (Å²) in [6.07, 6.45) is 3.65. The lowest BCUT2D eigenvalue weighted by Crippen LogP contribution is -2.44.